The molecule has 0 aliphatic carbocycles. The maximum atomic E-state index is 9.49. The van der Waals surface area contributed by atoms with Gasteiger partial charge in [0.05, 0.1) is 25.9 Å². The maximum Gasteiger partial charge on any atom is 0.137 e. The highest BCUT2D eigenvalue weighted by Gasteiger charge is 2.42. The van der Waals surface area contributed by atoms with Gasteiger partial charge in [-0.2, -0.15) is 0 Å². The molecule has 4 heteroatoms. The number of aliphatic hydroxyl groups is 3. The van der Waals surface area contributed by atoms with E-state index in [2.05, 4.69) is 0 Å². The number of aliphatic hydroxyl groups excluding tert-OH is 2. The molecular weight excluding hydrogens is 148 g/mol. The standard InChI is InChI=1S/C7H14O4/c1-5-2-11-4-7(10,3-8)6(5)9/h5-6,8-10H,2-4H2,1H3. The summed E-state index contributed by atoms with van der Waals surface area (Å²) in [6.45, 7) is 1.75. The molecule has 1 fully saturated rings. The highest BCUT2D eigenvalue weighted by molar-refractivity contribution is 4.91. The van der Waals surface area contributed by atoms with Crippen molar-refractivity contribution in [2.45, 2.75) is 18.6 Å². The molecule has 0 radical (unpaired) electrons. The lowest BCUT2D eigenvalue weighted by molar-refractivity contribution is -0.197. The van der Waals surface area contributed by atoms with Gasteiger partial charge in [0.2, 0.25) is 0 Å². The van der Waals surface area contributed by atoms with Crippen molar-refractivity contribution in [1.29, 1.82) is 0 Å². The average Bonchev–Trinajstić information content (AvgIpc) is 2.00. The predicted octanol–water partition coefficient (Wildman–Crippen LogP) is -1.26. The third-order valence-corrected chi connectivity index (χ3v) is 2.10. The Bertz CT molecular complexity index is 138. The topological polar surface area (TPSA) is 69.9 Å². The fourth-order valence-corrected chi connectivity index (χ4v) is 1.27. The minimum atomic E-state index is -1.46. The molecule has 3 N–H and O–H groups in total. The molecule has 0 saturated carbocycles. The number of rotatable bonds is 1. The fraction of sp³-hybridized carbons (Fsp3) is 1.00. The first kappa shape index (κ1) is 8.93. The molecule has 0 bridgehead atoms. The van der Waals surface area contributed by atoms with Crippen molar-refractivity contribution in [3.63, 3.8) is 0 Å². The zero-order valence-corrected chi connectivity index (χ0v) is 6.53. The van der Waals surface area contributed by atoms with Crippen LogP contribution in [0.4, 0.5) is 0 Å². The lowest BCUT2D eigenvalue weighted by atomic mass is 9.87. The second kappa shape index (κ2) is 3.06. The van der Waals surface area contributed by atoms with Crippen LogP contribution in [0.25, 0.3) is 0 Å². The van der Waals surface area contributed by atoms with E-state index in [4.69, 9.17) is 9.84 Å². The van der Waals surface area contributed by atoms with Crippen LogP contribution in [0.1, 0.15) is 6.92 Å². The summed E-state index contributed by atoms with van der Waals surface area (Å²) in [4.78, 5) is 0. The SMILES string of the molecule is CC1COCC(O)(CO)C1O. The maximum absolute atomic E-state index is 9.49. The minimum absolute atomic E-state index is 0.00894. The first-order chi connectivity index (χ1) is 5.10. The number of ether oxygens (including phenoxy) is 1. The zero-order chi connectivity index (χ0) is 8.48. The van der Waals surface area contributed by atoms with E-state index in [1.54, 1.807) is 6.92 Å². The molecule has 1 aliphatic heterocycles. The number of hydrogen-bond donors (Lipinski definition) is 3. The van der Waals surface area contributed by atoms with Crippen LogP contribution in [0.15, 0.2) is 0 Å². The van der Waals surface area contributed by atoms with Crippen molar-refractivity contribution < 1.29 is 20.1 Å². The Morgan fingerprint density at radius 3 is 2.73 bits per heavy atom. The lowest BCUT2D eigenvalue weighted by Crippen LogP contribution is -2.56. The molecule has 0 aromatic heterocycles. The van der Waals surface area contributed by atoms with Gasteiger partial charge in [-0.3, -0.25) is 0 Å². The van der Waals surface area contributed by atoms with Crippen LogP contribution in [-0.4, -0.2) is 46.8 Å². The summed E-state index contributed by atoms with van der Waals surface area (Å²) in [5, 5.41) is 27.6. The lowest BCUT2D eigenvalue weighted by Gasteiger charge is -2.38. The van der Waals surface area contributed by atoms with E-state index in [0.717, 1.165) is 0 Å². The smallest absolute Gasteiger partial charge is 0.137 e. The molecule has 66 valence electrons. The van der Waals surface area contributed by atoms with E-state index < -0.39 is 18.3 Å². The van der Waals surface area contributed by atoms with Crippen LogP contribution in [-0.2, 0) is 4.74 Å². The first-order valence-corrected chi connectivity index (χ1v) is 3.69. The van der Waals surface area contributed by atoms with Gasteiger partial charge in [0.15, 0.2) is 0 Å². The molecule has 0 amide bonds. The van der Waals surface area contributed by atoms with Crippen molar-refractivity contribution in [3.05, 3.63) is 0 Å². The van der Waals surface area contributed by atoms with Crippen LogP contribution < -0.4 is 0 Å². The van der Waals surface area contributed by atoms with Gasteiger partial charge >= 0.3 is 0 Å². The van der Waals surface area contributed by atoms with E-state index in [-0.39, 0.29) is 12.5 Å². The van der Waals surface area contributed by atoms with Gasteiger partial charge in [-0.1, -0.05) is 6.92 Å². The van der Waals surface area contributed by atoms with Crippen molar-refractivity contribution in [3.8, 4) is 0 Å². The fourth-order valence-electron chi connectivity index (χ4n) is 1.27. The third-order valence-electron chi connectivity index (χ3n) is 2.10. The molecular formula is C7H14O4. The van der Waals surface area contributed by atoms with Gasteiger partial charge in [0.1, 0.15) is 5.60 Å². The van der Waals surface area contributed by atoms with Gasteiger partial charge in [-0.05, 0) is 0 Å². The van der Waals surface area contributed by atoms with Crippen molar-refractivity contribution >= 4 is 0 Å². The van der Waals surface area contributed by atoms with Crippen LogP contribution in [0, 0.1) is 5.92 Å². The number of hydrogen-bond acceptors (Lipinski definition) is 4. The van der Waals surface area contributed by atoms with Gasteiger partial charge in [0, 0.05) is 5.92 Å². The van der Waals surface area contributed by atoms with Crippen LogP contribution in [0.5, 0.6) is 0 Å². The highest BCUT2D eigenvalue weighted by Crippen LogP contribution is 2.23. The molecule has 0 aromatic carbocycles. The molecule has 1 heterocycles. The Kier molecular flexibility index (Phi) is 2.49. The molecule has 4 nitrogen and oxygen atoms in total. The summed E-state index contributed by atoms with van der Waals surface area (Å²) in [5.41, 5.74) is -1.46. The molecule has 3 unspecified atom stereocenters. The summed E-state index contributed by atoms with van der Waals surface area (Å²) in [5.74, 6) is -0.124. The minimum Gasteiger partial charge on any atom is -0.393 e. The summed E-state index contributed by atoms with van der Waals surface area (Å²) in [6, 6.07) is 0. The van der Waals surface area contributed by atoms with E-state index in [0.29, 0.717) is 6.61 Å². The Morgan fingerprint density at radius 2 is 2.27 bits per heavy atom. The summed E-state index contributed by atoms with van der Waals surface area (Å²) in [6.07, 6.45) is -0.888. The Balaban J connectivity index is 2.64. The van der Waals surface area contributed by atoms with Gasteiger partial charge in [-0.15, -0.1) is 0 Å². The van der Waals surface area contributed by atoms with E-state index in [9.17, 15) is 10.2 Å². The van der Waals surface area contributed by atoms with Crippen molar-refractivity contribution in [2.24, 2.45) is 5.92 Å². The third kappa shape index (κ3) is 1.54. The molecule has 3 atom stereocenters. The van der Waals surface area contributed by atoms with Crippen LogP contribution >= 0.6 is 0 Å². The van der Waals surface area contributed by atoms with Crippen molar-refractivity contribution in [1.82, 2.24) is 0 Å². The summed E-state index contributed by atoms with van der Waals surface area (Å²) in [7, 11) is 0. The summed E-state index contributed by atoms with van der Waals surface area (Å²) >= 11 is 0. The van der Waals surface area contributed by atoms with E-state index in [1.165, 1.54) is 0 Å². The van der Waals surface area contributed by atoms with Gasteiger partial charge < -0.3 is 20.1 Å². The Hall–Kier alpha value is -0.160. The molecule has 0 aromatic rings. The Morgan fingerprint density at radius 1 is 1.64 bits per heavy atom. The molecule has 11 heavy (non-hydrogen) atoms. The van der Waals surface area contributed by atoms with Crippen molar-refractivity contribution in [2.75, 3.05) is 19.8 Å². The normalized spacial score (nSPS) is 45.8. The van der Waals surface area contributed by atoms with Crippen LogP contribution in [0.3, 0.4) is 0 Å². The summed E-state index contributed by atoms with van der Waals surface area (Å²) < 4.78 is 4.99. The molecule has 1 rings (SSSR count). The van der Waals surface area contributed by atoms with E-state index in [1.807, 2.05) is 0 Å². The highest BCUT2D eigenvalue weighted by atomic mass is 16.5. The first-order valence-electron chi connectivity index (χ1n) is 3.69. The van der Waals surface area contributed by atoms with Gasteiger partial charge in [-0.25, -0.2) is 0 Å². The second-order valence-electron chi connectivity index (χ2n) is 3.20. The zero-order valence-electron chi connectivity index (χ0n) is 6.53. The Labute approximate surface area is 65.4 Å². The predicted molar refractivity (Wildman–Crippen MR) is 38.0 cm³/mol. The van der Waals surface area contributed by atoms with Crippen LogP contribution in [0.2, 0.25) is 0 Å². The van der Waals surface area contributed by atoms with Gasteiger partial charge in [0.25, 0.3) is 0 Å². The molecule has 1 aliphatic rings. The monoisotopic (exact) mass is 162 g/mol. The molecule has 0 spiro atoms. The van der Waals surface area contributed by atoms with E-state index >= 15 is 0 Å². The average molecular weight is 162 g/mol. The molecule has 1 saturated heterocycles. The second-order valence-corrected chi connectivity index (χ2v) is 3.20. The quantitative estimate of drug-likeness (QED) is 0.450. The largest absolute Gasteiger partial charge is 0.393 e.